The van der Waals surface area contributed by atoms with Gasteiger partial charge >= 0.3 is 0 Å². The number of nitrogens with two attached hydrogens (primary N) is 2. The first-order chi connectivity index (χ1) is 9.47. The maximum atomic E-state index is 11.1. The van der Waals surface area contributed by atoms with Crippen LogP contribution in [0, 0.1) is 0 Å². The molecule has 0 saturated heterocycles. The van der Waals surface area contributed by atoms with Crippen LogP contribution in [0.25, 0.3) is 0 Å². The first-order valence-corrected chi connectivity index (χ1v) is 7.48. The molecule has 20 heavy (non-hydrogen) atoms. The lowest BCUT2D eigenvalue weighted by molar-refractivity contribution is 0.598. The van der Waals surface area contributed by atoms with Crippen LogP contribution in [0.1, 0.15) is 11.1 Å². The average Bonchev–Trinajstić information content (AvgIpc) is 2.45. The minimum Gasteiger partial charge on any atom is -0.383 e. The molecule has 5 nitrogen and oxygen atoms in total. The standard InChI is InChI=1S/C14H15N3O2S/c15-14(12-4-2-1-3-5-12)17-10-11-6-8-13(9-7-11)20(16,18)19/h1-9H,10H2,(H2,15,17)(H2,16,18,19). The van der Waals surface area contributed by atoms with E-state index in [1.807, 2.05) is 30.3 Å². The van der Waals surface area contributed by atoms with Crippen LogP contribution < -0.4 is 10.9 Å². The van der Waals surface area contributed by atoms with Crippen LogP contribution in [-0.2, 0) is 16.6 Å². The van der Waals surface area contributed by atoms with Gasteiger partial charge in [0.1, 0.15) is 5.84 Å². The van der Waals surface area contributed by atoms with Gasteiger partial charge in [0.05, 0.1) is 11.4 Å². The fourth-order valence-corrected chi connectivity index (χ4v) is 2.18. The molecule has 0 radical (unpaired) electrons. The average molecular weight is 289 g/mol. The Morgan fingerprint density at radius 3 is 2.15 bits per heavy atom. The van der Waals surface area contributed by atoms with Gasteiger partial charge in [-0.15, -0.1) is 0 Å². The molecule has 0 spiro atoms. The molecule has 0 saturated carbocycles. The topological polar surface area (TPSA) is 98.5 Å². The quantitative estimate of drug-likeness (QED) is 0.654. The molecule has 104 valence electrons. The van der Waals surface area contributed by atoms with Crippen molar-refractivity contribution in [2.75, 3.05) is 0 Å². The lowest BCUT2D eigenvalue weighted by atomic mass is 10.2. The molecule has 4 N–H and O–H groups in total. The third-order valence-corrected chi connectivity index (χ3v) is 3.68. The fraction of sp³-hybridized carbons (Fsp3) is 0.0714. The molecule has 0 aliphatic heterocycles. The highest BCUT2D eigenvalue weighted by Crippen LogP contribution is 2.10. The highest BCUT2D eigenvalue weighted by molar-refractivity contribution is 7.89. The highest BCUT2D eigenvalue weighted by Gasteiger charge is 2.06. The van der Waals surface area contributed by atoms with Crippen LogP contribution >= 0.6 is 0 Å². The van der Waals surface area contributed by atoms with E-state index >= 15 is 0 Å². The number of benzene rings is 2. The van der Waals surface area contributed by atoms with E-state index in [4.69, 9.17) is 10.9 Å². The van der Waals surface area contributed by atoms with Crippen LogP contribution in [0.5, 0.6) is 0 Å². The number of hydrogen-bond donors (Lipinski definition) is 2. The Morgan fingerprint density at radius 1 is 1.00 bits per heavy atom. The second-order valence-electron chi connectivity index (χ2n) is 4.26. The number of sulfonamides is 1. The van der Waals surface area contributed by atoms with Gasteiger partial charge in [-0.3, -0.25) is 4.99 Å². The summed E-state index contributed by atoms with van der Waals surface area (Å²) in [4.78, 5) is 4.35. The summed E-state index contributed by atoms with van der Waals surface area (Å²) in [5.74, 6) is 0.445. The molecule has 0 amide bonds. The Balaban J connectivity index is 2.12. The summed E-state index contributed by atoms with van der Waals surface area (Å²) in [7, 11) is -3.65. The minimum atomic E-state index is -3.65. The highest BCUT2D eigenvalue weighted by atomic mass is 32.2. The van der Waals surface area contributed by atoms with Crippen molar-refractivity contribution in [3.05, 3.63) is 65.7 Å². The van der Waals surface area contributed by atoms with E-state index < -0.39 is 10.0 Å². The van der Waals surface area contributed by atoms with Crippen molar-refractivity contribution in [3.63, 3.8) is 0 Å². The number of amidine groups is 1. The van der Waals surface area contributed by atoms with Crippen molar-refractivity contribution in [2.45, 2.75) is 11.4 Å². The zero-order chi connectivity index (χ0) is 14.6. The van der Waals surface area contributed by atoms with Crippen LogP contribution in [-0.4, -0.2) is 14.3 Å². The first kappa shape index (κ1) is 14.2. The molecule has 2 aromatic rings. The van der Waals surface area contributed by atoms with E-state index in [9.17, 15) is 8.42 Å². The number of aliphatic imine (C=N–C) groups is 1. The van der Waals surface area contributed by atoms with Crippen LogP contribution in [0.15, 0.2) is 64.5 Å². The van der Waals surface area contributed by atoms with E-state index in [2.05, 4.69) is 4.99 Å². The van der Waals surface area contributed by atoms with E-state index in [0.717, 1.165) is 11.1 Å². The number of nitrogens with zero attached hydrogens (tertiary/aromatic N) is 1. The Bertz CT molecular complexity index is 708. The van der Waals surface area contributed by atoms with Crippen LogP contribution in [0.3, 0.4) is 0 Å². The molecule has 0 heterocycles. The van der Waals surface area contributed by atoms with E-state index in [-0.39, 0.29) is 4.90 Å². The molecular formula is C14H15N3O2S. The van der Waals surface area contributed by atoms with Gasteiger partial charge in [0.2, 0.25) is 10.0 Å². The summed E-state index contributed by atoms with van der Waals surface area (Å²) in [5.41, 5.74) is 7.59. The number of rotatable bonds is 4. The third kappa shape index (κ3) is 3.66. The van der Waals surface area contributed by atoms with Gasteiger partial charge < -0.3 is 5.73 Å². The molecule has 0 fully saturated rings. The summed E-state index contributed by atoms with van der Waals surface area (Å²) in [6, 6.07) is 15.7. The molecular weight excluding hydrogens is 274 g/mol. The zero-order valence-corrected chi connectivity index (χ0v) is 11.5. The normalized spacial score (nSPS) is 12.3. The largest absolute Gasteiger partial charge is 0.383 e. The minimum absolute atomic E-state index is 0.0845. The van der Waals surface area contributed by atoms with Crippen molar-refractivity contribution >= 4 is 15.9 Å². The van der Waals surface area contributed by atoms with Crippen molar-refractivity contribution in [2.24, 2.45) is 15.9 Å². The molecule has 0 unspecified atom stereocenters. The number of hydrogen-bond acceptors (Lipinski definition) is 3. The molecule has 0 aromatic heterocycles. The molecule has 0 aliphatic rings. The van der Waals surface area contributed by atoms with Crippen LogP contribution in [0.4, 0.5) is 0 Å². The maximum absolute atomic E-state index is 11.1. The Kier molecular flexibility index (Phi) is 4.16. The van der Waals surface area contributed by atoms with E-state index in [1.54, 1.807) is 12.1 Å². The summed E-state index contributed by atoms with van der Waals surface area (Å²) in [6.45, 7) is 0.381. The summed E-state index contributed by atoms with van der Waals surface area (Å²) < 4.78 is 22.3. The van der Waals surface area contributed by atoms with Crippen molar-refractivity contribution in [3.8, 4) is 0 Å². The lowest BCUT2D eigenvalue weighted by Crippen LogP contribution is -2.13. The second-order valence-corrected chi connectivity index (χ2v) is 5.82. The van der Waals surface area contributed by atoms with Gasteiger partial charge in [-0.05, 0) is 17.7 Å². The lowest BCUT2D eigenvalue weighted by Gasteiger charge is -2.02. The molecule has 6 heteroatoms. The van der Waals surface area contributed by atoms with Crippen LogP contribution in [0.2, 0.25) is 0 Å². The van der Waals surface area contributed by atoms with Crippen molar-refractivity contribution in [1.29, 1.82) is 0 Å². The van der Waals surface area contributed by atoms with E-state index in [1.165, 1.54) is 12.1 Å². The van der Waals surface area contributed by atoms with Gasteiger partial charge in [0.15, 0.2) is 0 Å². The Hall–Kier alpha value is -2.18. The van der Waals surface area contributed by atoms with Gasteiger partial charge in [-0.25, -0.2) is 13.6 Å². The molecule has 0 bridgehead atoms. The number of primary sulfonamides is 1. The zero-order valence-electron chi connectivity index (χ0n) is 10.7. The Labute approximate surface area is 118 Å². The first-order valence-electron chi connectivity index (χ1n) is 5.94. The second kappa shape index (κ2) is 5.85. The monoisotopic (exact) mass is 289 g/mol. The SMILES string of the molecule is NC(=NCc1ccc(S(N)(=O)=O)cc1)c1ccccc1. The predicted molar refractivity (Wildman–Crippen MR) is 78.7 cm³/mol. The predicted octanol–water partition coefficient (Wildman–Crippen LogP) is 1.24. The fourth-order valence-electron chi connectivity index (χ4n) is 1.66. The molecule has 2 rings (SSSR count). The maximum Gasteiger partial charge on any atom is 0.238 e. The van der Waals surface area contributed by atoms with Gasteiger partial charge in [0, 0.05) is 5.56 Å². The third-order valence-electron chi connectivity index (χ3n) is 2.75. The van der Waals surface area contributed by atoms with Gasteiger partial charge in [0.25, 0.3) is 0 Å². The Morgan fingerprint density at radius 2 is 1.60 bits per heavy atom. The smallest absolute Gasteiger partial charge is 0.238 e. The van der Waals surface area contributed by atoms with Crippen molar-refractivity contribution in [1.82, 2.24) is 0 Å². The van der Waals surface area contributed by atoms with Gasteiger partial charge in [-0.1, -0.05) is 42.5 Å². The molecule has 0 atom stereocenters. The van der Waals surface area contributed by atoms with Gasteiger partial charge in [-0.2, -0.15) is 0 Å². The summed E-state index contributed by atoms with van der Waals surface area (Å²) in [6.07, 6.45) is 0. The molecule has 0 aliphatic carbocycles. The summed E-state index contributed by atoms with van der Waals surface area (Å²) in [5, 5.41) is 5.03. The van der Waals surface area contributed by atoms with E-state index in [0.29, 0.717) is 12.4 Å². The summed E-state index contributed by atoms with van der Waals surface area (Å²) >= 11 is 0. The molecule has 2 aromatic carbocycles. The van der Waals surface area contributed by atoms with Crippen molar-refractivity contribution < 1.29 is 8.42 Å².